The average molecular weight is 352 g/mol. The van der Waals surface area contributed by atoms with Crippen molar-refractivity contribution in [3.05, 3.63) is 29.0 Å². The molecule has 1 aliphatic carbocycles. The van der Waals surface area contributed by atoms with Crippen LogP contribution in [0.25, 0.3) is 10.9 Å². The van der Waals surface area contributed by atoms with E-state index in [4.69, 9.17) is 4.74 Å². The largest absolute Gasteiger partial charge is 0.389 e. The number of halogens is 1. The number of nitrogens with one attached hydrogen (secondary N) is 1. The van der Waals surface area contributed by atoms with Gasteiger partial charge in [0.2, 0.25) is 0 Å². The number of ether oxygens (including phenoxy) is 1. The molecule has 2 N–H and O–H groups in total. The molecule has 6 heteroatoms. The number of aliphatic hydroxyl groups excluding tert-OH is 1. The second-order valence-electron chi connectivity index (χ2n) is 5.40. The predicted octanol–water partition coefficient (Wildman–Crippen LogP) is 2.59. The molecular weight excluding hydrogens is 334 g/mol. The van der Waals surface area contributed by atoms with Crippen molar-refractivity contribution in [2.45, 2.75) is 18.9 Å². The zero-order valence-electron chi connectivity index (χ0n) is 11.6. The number of fused-ring (bicyclic) bond motifs is 1. The van der Waals surface area contributed by atoms with Gasteiger partial charge in [-0.3, -0.25) is 0 Å². The van der Waals surface area contributed by atoms with Crippen LogP contribution in [0.15, 0.2) is 29.0 Å². The number of nitrogens with zero attached hydrogens (tertiary/aromatic N) is 2. The molecule has 1 aliphatic rings. The molecule has 1 heterocycles. The zero-order valence-corrected chi connectivity index (χ0v) is 13.2. The van der Waals surface area contributed by atoms with Crippen LogP contribution in [-0.2, 0) is 4.74 Å². The Kier molecular flexibility index (Phi) is 4.67. The van der Waals surface area contributed by atoms with Gasteiger partial charge in [0.1, 0.15) is 12.1 Å². The van der Waals surface area contributed by atoms with Gasteiger partial charge in [0, 0.05) is 23.0 Å². The second kappa shape index (κ2) is 6.68. The summed E-state index contributed by atoms with van der Waals surface area (Å²) in [6.07, 6.45) is 3.50. The number of benzene rings is 1. The van der Waals surface area contributed by atoms with E-state index in [9.17, 15) is 5.11 Å². The molecular formula is C15H18BrN3O2. The molecule has 1 fully saturated rings. The zero-order chi connectivity index (χ0) is 14.7. The van der Waals surface area contributed by atoms with Crippen molar-refractivity contribution in [3.8, 4) is 0 Å². The lowest BCUT2D eigenvalue weighted by atomic mass is 10.2. The molecule has 0 bridgehead atoms. The summed E-state index contributed by atoms with van der Waals surface area (Å²) in [6, 6.07) is 5.84. The number of aromatic nitrogens is 2. The van der Waals surface area contributed by atoms with E-state index in [2.05, 4.69) is 31.2 Å². The molecule has 0 amide bonds. The Bertz CT molecular complexity index is 619. The van der Waals surface area contributed by atoms with E-state index in [1.807, 2.05) is 18.2 Å². The van der Waals surface area contributed by atoms with Crippen molar-refractivity contribution in [2.24, 2.45) is 5.92 Å². The molecule has 0 radical (unpaired) electrons. The SMILES string of the molecule is OC(CNc1ncnc2ccc(Br)cc12)COCC1CC1. The van der Waals surface area contributed by atoms with Gasteiger partial charge in [-0.2, -0.15) is 0 Å². The van der Waals surface area contributed by atoms with Crippen molar-refractivity contribution in [1.29, 1.82) is 0 Å². The molecule has 1 unspecified atom stereocenters. The first-order valence-electron chi connectivity index (χ1n) is 7.12. The smallest absolute Gasteiger partial charge is 0.137 e. The molecule has 21 heavy (non-hydrogen) atoms. The lowest BCUT2D eigenvalue weighted by Gasteiger charge is -2.13. The number of rotatable bonds is 7. The van der Waals surface area contributed by atoms with Crippen LogP contribution in [0.2, 0.25) is 0 Å². The summed E-state index contributed by atoms with van der Waals surface area (Å²) < 4.78 is 6.46. The van der Waals surface area contributed by atoms with Crippen LogP contribution in [0.5, 0.6) is 0 Å². The van der Waals surface area contributed by atoms with E-state index < -0.39 is 6.10 Å². The lowest BCUT2D eigenvalue weighted by Crippen LogP contribution is -2.25. The van der Waals surface area contributed by atoms with Gasteiger partial charge in [0.05, 0.1) is 18.2 Å². The summed E-state index contributed by atoms with van der Waals surface area (Å²) in [6.45, 7) is 1.53. The fraction of sp³-hybridized carbons (Fsp3) is 0.467. The van der Waals surface area contributed by atoms with E-state index in [1.165, 1.54) is 19.2 Å². The Labute approximate surface area is 131 Å². The maximum absolute atomic E-state index is 9.93. The van der Waals surface area contributed by atoms with E-state index in [0.29, 0.717) is 19.1 Å². The number of anilines is 1. The van der Waals surface area contributed by atoms with Crippen LogP contribution in [-0.4, -0.2) is 40.9 Å². The second-order valence-corrected chi connectivity index (χ2v) is 6.31. The Morgan fingerprint density at radius 1 is 1.38 bits per heavy atom. The van der Waals surface area contributed by atoms with Crippen LogP contribution in [0.3, 0.4) is 0 Å². The number of hydrogen-bond acceptors (Lipinski definition) is 5. The van der Waals surface area contributed by atoms with E-state index >= 15 is 0 Å². The van der Waals surface area contributed by atoms with Crippen molar-refractivity contribution in [1.82, 2.24) is 9.97 Å². The van der Waals surface area contributed by atoms with Crippen LogP contribution in [0, 0.1) is 5.92 Å². The number of aliphatic hydroxyl groups is 1. The van der Waals surface area contributed by atoms with Gasteiger partial charge in [-0.05, 0) is 37.0 Å². The summed E-state index contributed by atoms with van der Waals surface area (Å²) in [5, 5.41) is 14.0. The fourth-order valence-corrected chi connectivity index (χ4v) is 2.46. The van der Waals surface area contributed by atoms with E-state index in [-0.39, 0.29) is 0 Å². The molecule has 2 aromatic rings. The minimum absolute atomic E-state index is 0.357. The minimum atomic E-state index is -0.541. The Hall–Kier alpha value is -1.24. The van der Waals surface area contributed by atoms with Crippen LogP contribution in [0.4, 0.5) is 5.82 Å². The monoisotopic (exact) mass is 351 g/mol. The van der Waals surface area contributed by atoms with Gasteiger partial charge in [0.15, 0.2) is 0 Å². The maximum atomic E-state index is 9.93. The first kappa shape index (κ1) is 14.7. The van der Waals surface area contributed by atoms with Crippen molar-refractivity contribution in [3.63, 3.8) is 0 Å². The van der Waals surface area contributed by atoms with Crippen LogP contribution in [0.1, 0.15) is 12.8 Å². The third-order valence-corrected chi connectivity index (χ3v) is 3.96. The Balaban J connectivity index is 1.57. The third-order valence-electron chi connectivity index (χ3n) is 3.46. The first-order valence-corrected chi connectivity index (χ1v) is 7.91. The van der Waals surface area contributed by atoms with Gasteiger partial charge < -0.3 is 15.2 Å². The van der Waals surface area contributed by atoms with Gasteiger partial charge >= 0.3 is 0 Å². The molecule has 112 valence electrons. The summed E-state index contributed by atoms with van der Waals surface area (Å²) in [4.78, 5) is 8.47. The quantitative estimate of drug-likeness (QED) is 0.802. The molecule has 1 saturated carbocycles. The highest BCUT2D eigenvalue weighted by molar-refractivity contribution is 9.10. The summed E-state index contributed by atoms with van der Waals surface area (Å²) >= 11 is 3.45. The van der Waals surface area contributed by atoms with Gasteiger partial charge in [-0.25, -0.2) is 9.97 Å². The van der Waals surface area contributed by atoms with Crippen molar-refractivity contribution < 1.29 is 9.84 Å². The molecule has 0 spiro atoms. The first-order chi connectivity index (χ1) is 10.2. The lowest BCUT2D eigenvalue weighted by molar-refractivity contribution is 0.0386. The van der Waals surface area contributed by atoms with Crippen molar-refractivity contribution >= 4 is 32.7 Å². The van der Waals surface area contributed by atoms with Gasteiger partial charge in [-0.15, -0.1) is 0 Å². The Morgan fingerprint density at radius 2 is 2.24 bits per heavy atom. The fourth-order valence-electron chi connectivity index (χ4n) is 2.10. The van der Waals surface area contributed by atoms with E-state index in [0.717, 1.165) is 27.8 Å². The summed E-state index contributed by atoms with van der Waals surface area (Å²) in [7, 11) is 0. The molecule has 3 rings (SSSR count). The molecule has 5 nitrogen and oxygen atoms in total. The minimum Gasteiger partial charge on any atom is -0.389 e. The third kappa shape index (κ3) is 4.12. The summed E-state index contributed by atoms with van der Waals surface area (Å²) in [5.74, 6) is 1.44. The highest BCUT2D eigenvalue weighted by Crippen LogP contribution is 2.28. The van der Waals surface area contributed by atoms with Crippen LogP contribution < -0.4 is 5.32 Å². The topological polar surface area (TPSA) is 67.3 Å². The number of hydrogen-bond donors (Lipinski definition) is 2. The predicted molar refractivity (Wildman–Crippen MR) is 85.3 cm³/mol. The molecule has 0 saturated heterocycles. The Morgan fingerprint density at radius 3 is 3.05 bits per heavy atom. The highest BCUT2D eigenvalue weighted by Gasteiger charge is 2.21. The van der Waals surface area contributed by atoms with E-state index in [1.54, 1.807) is 0 Å². The van der Waals surface area contributed by atoms with Gasteiger partial charge in [0.25, 0.3) is 0 Å². The molecule has 1 aromatic carbocycles. The molecule has 0 aliphatic heterocycles. The molecule has 1 aromatic heterocycles. The standard InChI is InChI=1S/C15H18BrN3O2/c16-11-3-4-14-13(5-11)15(19-9-18-14)17-6-12(20)8-21-7-10-1-2-10/h3-5,9-10,12,20H,1-2,6-8H2,(H,17,18,19). The van der Waals surface area contributed by atoms with Gasteiger partial charge in [-0.1, -0.05) is 15.9 Å². The normalized spacial score (nSPS) is 16.1. The maximum Gasteiger partial charge on any atom is 0.137 e. The average Bonchev–Trinajstić information content (AvgIpc) is 3.29. The summed E-state index contributed by atoms with van der Waals surface area (Å²) in [5.41, 5.74) is 0.871. The highest BCUT2D eigenvalue weighted by atomic mass is 79.9. The van der Waals surface area contributed by atoms with Crippen LogP contribution >= 0.6 is 15.9 Å². The van der Waals surface area contributed by atoms with Crippen molar-refractivity contribution in [2.75, 3.05) is 25.1 Å². The molecule has 1 atom stereocenters.